The molecule has 0 aliphatic heterocycles. The van der Waals surface area contributed by atoms with Crippen LogP contribution in [0.3, 0.4) is 0 Å². The lowest BCUT2D eigenvalue weighted by Gasteiger charge is -2.17. The number of aromatic nitrogens is 4. The van der Waals surface area contributed by atoms with Crippen molar-refractivity contribution in [3.05, 3.63) is 224 Å². The minimum atomic E-state index is 0.471. The molecule has 0 bridgehead atoms. The van der Waals surface area contributed by atoms with Crippen LogP contribution < -0.4 is 9.30 Å². The topological polar surface area (TPSA) is 35.9 Å². The average molecular weight is 841 g/mol. The zero-order valence-electron chi connectivity index (χ0n) is 36.8. The molecule has 0 atom stereocenters. The van der Waals surface area contributed by atoms with E-state index in [1.54, 1.807) is 0 Å². The number of nitrogens with zero attached hydrogens (tertiary/aromatic N) is 4. The van der Waals surface area contributed by atoms with Crippen LogP contribution in [-0.4, -0.2) is 14.1 Å². The molecule has 314 valence electrons. The highest BCUT2D eigenvalue weighted by molar-refractivity contribution is 6.10. The largest absolute Gasteiger partial charge is 0.458 e. The Labute approximate surface area is 380 Å². The third-order valence-corrected chi connectivity index (χ3v) is 12.9. The summed E-state index contributed by atoms with van der Waals surface area (Å²) in [5, 5.41) is 2.32. The normalized spacial score (nSPS) is 11.6. The van der Waals surface area contributed by atoms with Gasteiger partial charge in [-0.2, -0.15) is 0 Å². The van der Waals surface area contributed by atoms with Gasteiger partial charge < -0.3 is 4.74 Å². The number of aryl methyl sites for hydroxylation is 1. The Hall–Kier alpha value is -8.02. The Kier molecular flexibility index (Phi) is 10.4. The molecule has 0 amide bonds. The number of rotatable bonds is 11. The number of benzene rings is 8. The molecule has 3 aromatic heterocycles. The molecule has 8 aromatic carbocycles. The van der Waals surface area contributed by atoms with Gasteiger partial charge in [0.15, 0.2) is 0 Å². The third-order valence-electron chi connectivity index (χ3n) is 12.9. The van der Waals surface area contributed by atoms with Gasteiger partial charge in [0, 0.05) is 23.0 Å². The summed E-state index contributed by atoms with van der Waals surface area (Å²) in [4.78, 5) is 4.99. The van der Waals surface area contributed by atoms with Crippen molar-refractivity contribution in [2.45, 2.75) is 39.5 Å². The van der Waals surface area contributed by atoms with Crippen molar-refractivity contribution < 1.29 is 9.30 Å². The first-order chi connectivity index (χ1) is 32.1. The molecule has 0 spiro atoms. The Morgan fingerprint density at radius 3 is 1.91 bits per heavy atom. The Bertz CT molecular complexity index is 3430. The highest BCUT2D eigenvalue weighted by atomic mass is 16.5. The van der Waals surface area contributed by atoms with Crippen LogP contribution in [0.1, 0.15) is 43.7 Å². The summed E-state index contributed by atoms with van der Waals surface area (Å²) in [6.07, 6.45) is 7.96. The number of pyridine rings is 1. The zero-order chi connectivity index (χ0) is 43.9. The molecule has 11 aromatic rings. The lowest BCUT2D eigenvalue weighted by Crippen LogP contribution is -2.32. The van der Waals surface area contributed by atoms with E-state index in [-0.39, 0.29) is 0 Å². The standard InChI is InChI=1S/C60H48N4O/c1-4-42(5-2)47-34-35-61-58(37-47)64-55-33-30-46(43-19-9-6-10-20-43)36-54(55)53-32-31-50(39-57(53)64)65-49-26-16-25-48(38-49)62-40-63(59-41(3)18-15-29-56(59)62)60-51(44-21-11-7-12-22-44)27-17-28-52(60)45-23-13-8-14-24-45/h6-39,42H,4-5H2,1-3H3. The summed E-state index contributed by atoms with van der Waals surface area (Å²) in [6, 6.07) is 70.9. The molecule has 0 aliphatic carbocycles. The molecule has 0 fully saturated rings. The van der Waals surface area contributed by atoms with Gasteiger partial charge in [-0.1, -0.05) is 153 Å². The van der Waals surface area contributed by atoms with Crippen LogP contribution >= 0.6 is 0 Å². The van der Waals surface area contributed by atoms with Gasteiger partial charge in [-0.05, 0) is 125 Å². The van der Waals surface area contributed by atoms with E-state index < -0.39 is 0 Å². The van der Waals surface area contributed by atoms with Crippen LogP contribution in [0.25, 0.3) is 83.4 Å². The summed E-state index contributed by atoms with van der Waals surface area (Å²) < 4.78 is 13.6. The first kappa shape index (κ1) is 39.8. The van der Waals surface area contributed by atoms with Crippen molar-refractivity contribution in [3.63, 3.8) is 0 Å². The summed E-state index contributed by atoms with van der Waals surface area (Å²) in [6.45, 7) is 6.71. The number of hydrogen-bond donors (Lipinski definition) is 0. The molecule has 0 unspecified atom stereocenters. The van der Waals surface area contributed by atoms with Gasteiger partial charge in [-0.25, -0.2) is 4.98 Å². The molecule has 5 heteroatoms. The second-order valence-corrected chi connectivity index (χ2v) is 16.8. The fourth-order valence-electron chi connectivity index (χ4n) is 9.68. The molecule has 0 saturated heterocycles. The first-order valence-corrected chi connectivity index (χ1v) is 22.6. The molecule has 0 aliphatic rings. The summed E-state index contributed by atoms with van der Waals surface area (Å²) in [5.41, 5.74) is 15.7. The zero-order valence-corrected chi connectivity index (χ0v) is 36.8. The van der Waals surface area contributed by atoms with E-state index in [0.29, 0.717) is 5.92 Å². The molecule has 5 nitrogen and oxygen atoms in total. The lowest BCUT2D eigenvalue weighted by atomic mass is 9.95. The van der Waals surface area contributed by atoms with Crippen molar-refractivity contribution in [1.82, 2.24) is 14.1 Å². The maximum absolute atomic E-state index is 6.84. The quantitative estimate of drug-likeness (QED) is 0.0961. The molecule has 3 heterocycles. The molecule has 0 radical (unpaired) electrons. The highest BCUT2D eigenvalue weighted by Gasteiger charge is 2.22. The SMILES string of the molecule is CCC(CC)c1ccnc(-n2c3ccc(-c4ccccc4)cc3c3ccc(Oc4cccc(-n5[c-][n+](-c6c(-c7ccccc7)cccc6-c6ccccc6)c6c(C)cccc65)c4)cc32)c1. The van der Waals surface area contributed by atoms with Gasteiger partial charge in [0.1, 0.15) is 17.3 Å². The van der Waals surface area contributed by atoms with Gasteiger partial charge in [0.2, 0.25) is 0 Å². The summed E-state index contributed by atoms with van der Waals surface area (Å²) in [7, 11) is 0. The van der Waals surface area contributed by atoms with Crippen LogP contribution in [0.4, 0.5) is 0 Å². The maximum atomic E-state index is 6.84. The number of ether oxygens (including phenoxy) is 1. The van der Waals surface area contributed by atoms with Crippen LogP contribution in [0.5, 0.6) is 11.5 Å². The minimum Gasteiger partial charge on any atom is -0.458 e. The van der Waals surface area contributed by atoms with Crippen molar-refractivity contribution in [2.75, 3.05) is 0 Å². The second kappa shape index (κ2) is 16.9. The van der Waals surface area contributed by atoms with Crippen molar-refractivity contribution in [1.29, 1.82) is 0 Å². The highest BCUT2D eigenvalue weighted by Crippen LogP contribution is 2.39. The van der Waals surface area contributed by atoms with Crippen LogP contribution in [0.2, 0.25) is 0 Å². The van der Waals surface area contributed by atoms with E-state index in [9.17, 15) is 0 Å². The second-order valence-electron chi connectivity index (χ2n) is 16.8. The average Bonchev–Trinajstić information content (AvgIpc) is 3.91. The van der Waals surface area contributed by atoms with E-state index >= 15 is 0 Å². The molecule has 65 heavy (non-hydrogen) atoms. The summed E-state index contributed by atoms with van der Waals surface area (Å²) in [5.74, 6) is 2.85. The number of hydrogen-bond acceptors (Lipinski definition) is 2. The number of fused-ring (bicyclic) bond motifs is 4. The fraction of sp³-hybridized carbons (Fsp3) is 0.100. The Balaban J connectivity index is 1.03. The van der Waals surface area contributed by atoms with Gasteiger partial charge in [0.25, 0.3) is 6.33 Å². The van der Waals surface area contributed by atoms with E-state index in [2.05, 4.69) is 235 Å². The van der Waals surface area contributed by atoms with Crippen molar-refractivity contribution in [3.8, 4) is 62.1 Å². The summed E-state index contributed by atoms with van der Waals surface area (Å²) >= 11 is 0. The third kappa shape index (κ3) is 7.25. The molecule has 0 saturated carbocycles. The Morgan fingerprint density at radius 2 is 1.20 bits per heavy atom. The monoisotopic (exact) mass is 840 g/mol. The van der Waals surface area contributed by atoms with E-state index in [1.807, 2.05) is 12.3 Å². The Morgan fingerprint density at radius 1 is 0.538 bits per heavy atom. The first-order valence-electron chi connectivity index (χ1n) is 22.6. The van der Waals surface area contributed by atoms with Gasteiger partial charge >= 0.3 is 0 Å². The van der Waals surface area contributed by atoms with Crippen LogP contribution in [-0.2, 0) is 0 Å². The predicted molar refractivity (Wildman–Crippen MR) is 267 cm³/mol. The number of para-hydroxylation sites is 2. The molecule has 11 rings (SSSR count). The van der Waals surface area contributed by atoms with E-state index in [1.165, 1.54) is 22.1 Å². The minimum absolute atomic E-state index is 0.471. The van der Waals surface area contributed by atoms with Crippen LogP contribution in [0, 0.1) is 13.3 Å². The van der Waals surface area contributed by atoms with Crippen molar-refractivity contribution in [2.24, 2.45) is 0 Å². The van der Waals surface area contributed by atoms with Gasteiger partial charge in [0.05, 0.1) is 33.4 Å². The fourth-order valence-corrected chi connectivity index (χ4v) is 9.68. The van der Waals surface area contributed by atoms with Gasteiger partial charge in [-0.3, -0.25) is 13.7 Å². The van der Waals surface area contributed by atoms with E-state index in [4.69, 9.17) is 9.72 Å². The molecular weight excluding hydrogens is 793 g/mol. The van der Waals surface area contributed by atoms with E-state index in [0.717, 1.165) is 96.8 Å². The lowest BCUT2D eigenvalue weighted by molar-refractivity contribution is -0.571. The smallest absolute Gasteiger partial charge is 0.269 e. The molecular formula is C60H48N4O. The van der Waals surface area contributed by atoms with Crippen LogP contribution in [0.15, 0.2) is 206 Å². The predicted octanol–water partition coefficient (Wildman–Crippen LogP) is 15.2. The number of imidazole rings is 1. The van der Waals surface area contributed by atoms with Crippen molar-refractivity contribution >= 4 is 32.8 Å². The molecule has 0 N–H and O–H groups in total. The van der Waals surface area contributed by atoms with Gasteiger partial charge in [-0.15, -0.1) is 0 Å². The maximum Gasteiger partial charge on any atom is 0.269 e.